The highest BCUT2D eigenvalue weighted by Gasteiger charge is 2.70. The molecule has 5 aliphatic carbocycles. The first-order chi connectivity index (χ1) is 19.1. The molecule has 0 bridgehead atoms. The molecule has 5 rings (SSSR count). The van der Waals surface area contributed by atoms with Crippen molar-refractivity contribution in [1.29, 1.82) is 0 Å². The fourth-order valence-corrected chi connectivity index (χ4v) is 11.6. The number of esters is 1. The molecule has 0 aliphatic heterocycles. The minimum Gasteiger partial charge on any atom is -0.465 e. The number of aliphatic hydroxyl groups is 1. The van der Waals surface area contributed by atoms with Gasteiger partial charge in [-0.05, 0) is 123 Å². The van der Waals surface area contributed by atoms with Crippen LogP contribution in [0.15, 0.2) is 11.6 Å². The van der Waals surface area contributed by atoms with Gasteiger partial charge >= 0.3 is 5.97 Å². The Balaban J connectivity index is 1.43. The van der Waals surface area contributed by atoms with E-state index in [9.17, 15) is 14.7 Å². The monoisotopic (exact) mass is 632 g/mol. The van der Waals surface area contributed by atoms with Crippen molar-refractivity contribution in [2.75, 3.05) is 11.9 Å². The molecular formula is C36H57BrO4. The zero-order valence-corrected chi connectivity index (χ0v) is 28.6. The van der Waals surface area contributed by atoms with Crippen LogP contribution in [-0.4, -0.2) is 34.9 Å². The minimum absolute atomic E-state index is 0.0110. The molecule has 0 heterocycles. The van der Waals surface area contributed by atoms with E-state index in [2.05, 4.69) is 70.5 Å². The molecule has 0 aromatic rings. The summed E-state index contributed by atoms with van der Waals surface area (Å²) in [5, 5.41) is 12.0. The van der Waals surface area contributed by atoms with Crippen molar-refractivity contribution in [1.82, 2.24) is 0 Å². The average Bonchev–Trinajstić information content (AvgIpc) is 2.90. The third-order valence-corrected chi connectivity index (χ3v) is 14.9. The van der Waals surface area contributed by atoms with Gasteiger partial charge in [-0.15, -0.1) is 0 Å². The lowest BCUT2D eigenvalue weighted by molar-refractivity contribution is -0.202. The molecule has 0 amide bonds. The van der Waals surface area contributed by atoms with Gasteiger partial charge in [0, 0.05) is 11.2 Å². The lowest BCUT2D eigenvalue weighted by atomic mass is 9.33. The van der Waals surface area contributed by atoms with Crippen molar-refractivity contribution in [2.45, 2.75) is 138 Å². The standard InChI is InChI=1S/C36H57BrO4/c1-31(2)27-12-15-36(7)29(34(27,5)14-13-28(31)39)26(38)22-24-25-23-33(4,30(40)41-21-11-9-8-10-20-37)17-16-32(25,3)18-19-35(24,36)6/h22,25,27-29,39H,8-21,23H2,1-7H3/t25-,27-,28-,29+,32+,33-,34-,35+,36+/m0/s1. The summed E-state index contributed by atoms with van der Waals surface area (Å²) < 4.78 is 5.91. The number of fused-ring (bicyclic) bond motifs is 7. The quantitative estimate of drug-likeness (QED) is 0.173. The van der Waals surface area contributed by atoms with E-state index in [1.165, 1.54) is 12.0 Å². The SMILES string of the molecule is CC1(C)[C@@H](O)CC[C@]2(C)[C@H]3C(=O)C=C4[C@@H]5C[C@@](C)(C(=O)OCCCCCCBr)CC[C@]5(C)CC[C@@]4(C)[C@]3(C)CC[C@@H]12. The summed E-state index contributed by atoms with van der Waals surface area (Å²) in [5.41, 5.74) is 0.544. The van der Waals surface area contributed by atoms with Gasteiger partial charge in [-0.1, -0.05) is 75.9 Å². The molecule has 0 radical (unpaired) electrons. The summed E-state index contributed by atoms with van der Waals surface area (Å²) in [6.07, 6.45) is 14.9. The van der Waals surface area contributed by atoms with Gasteiger partial charge in [-0.2, -0.15) is 0 Å². The predicted molar refractivity (Wildman–Crippen MR) is 169 cm³/mol. The van der Waals surface area contributed by atoms with Crippen LogP contribution in [0, 0.1) is 50.2 Å². The number of ketones is 1. The van der Waals surface area contributed by atoms with Crippen LogP contribution in [0.2, 0.25) is 0 Å². The summed E-state index contributed by atoms with van der Waals surface area (Å²) in [4.78, 5) is 28.0. The third kappa shape index (κ3) is 4.75. The van der Waals surface area contributed by atoms with Crippen molar-refractivity contribution in [2.24, 2.45) is 50.2 Å². The molecule has 5 aliphatic rings. The fourth-order valence-electron chi connectivity index (χ4n) is 11.2. The number of hydrogen-bond acceptors (Lipinski definition) is 4. The lowest BCUT2D eigenvalue weighted by Gasteiger charge is -2.70. The van der Waals surface area contributed by atoms with Crippen LogP contribution < -0.4 is 0 Å². The van der Waals surface area contributed by atoms with E-state index in [1.807, 2.05) is 0 Å². The Morgan fingerprint density at radius 2 is 1.61 bits per heavy atom. The molecule has 0 unspecified atom stereocenters. The highest BCUT2D eigenvalue weighted by molar-refractivity contribution is 9.09. The zero-order valence-electron chi connectivity index (χ0n) is 27.0. The molecule has 5 heteroatoms. The van der Waals surface area contributed by atoms with Crippen molar-refractivity contribution in [3.8, 4) is 0 Å². The van der Waals surface area contributed by atoms with E-state index in [0.717, 1.165) is 82.4 Å². The first kappa shape index (κ1) is 31.7. The average molecular weight is 634 g/mol. The number of ether oxygens (including phenoxy) is 1. The van der Waals surface area contributed by atoms with Gasteiger partial charge < -0.3 is 9.84 Å². The smallest absolute Gasteiger partial charge is 0.311 e. The van der Waals surface area contributed by atoms with Gasteiger partial charge in [-0.3, -0.25) is 9.59 Å². The van der Waals surface area contributed by atoms with E-state index in [-0.39, 0.29) is 51.0 Å². The van der Waals surface area contributed by atoms with Crippen molar-refractivity contribution in [3.05, 3.63) is 11.6 Å². The van der Waals surface area contributed by atoms with E-state index >= 15 is 0 Å². The molecule has 9 atom stereocenters. The van der Waals surface area contributed by atoms with Crippen LogP contribution in [-0.2, 0) is 14.3 Å². The van der Waals surface area contributed by atoms with Gasteiger partial charge in [0.1, 0.15) is 0 Å². The number of aliphatic hydroxyl groups excluding tert-OH is 1. The number of allylic oxidation sites excluding steroid dienone is 2. The largest absolute Gasteiger partial charge is 0.465 e. The van der Waals surface area contributed by atoms with Gasteiger partial charge in [0.2, 0.25) is 0 Å². The zero-order chi connectivity index (χ0) is 30.1. The Morgan fingerprint density at radius 3 is 2.32 bits per heavy atom. The summed E-state index contributed by atoms with van der Waals surface area (Å²) in [6, 6.07) is 0. The van der Waals surface area contributed by atoms with Crippen LogP contribution in [0.25, 0.3) is 0 Å². The maximum Gasteiger partial charge on any atom is 0.311 e. The van der Waals surface area contributed by atoms with Gasteiger partial charge in [0.15, 0.2) is 5.78 Å². The Hall–Kier alpha value is -0.680. The fraction of sp³-hybridized carbons (Fsp3) is 0.889. The first-order valence-electron chi connectivity index (χ1n) is 16.8. The second-order valence-corrected chi connectivity index (χ2v) is 17.7. The van der Waals surface area contributed by atoms with Gasteiger partial charge in [0.05, 0.1) is 18.1 Å². The molecule has 41 heavy (non-hydrogen) atoms. The van der Waals surface area contributed by atoms with Gasteiger partial charge in [0.25, 0.3) is 0 Å². The maximum atomic E-state index is 14.5. The van der Waals surface area contributed by atoms with Crippen LogP contribution in [0.3, 0.4) is 0 Å². The Morgan fingerprint density at radius 1 is 0.927 bits per heavy atom. The number of alkyl halides is 1. The van der Waals surface area contributed by atoms with Crippen molar-refractivity contribution < 1.29 is 19.4 Å². The van der Waals surface area contributed by atoms with Gasteiger partial charge in [-0.25, -0.2) is 0 Å². The summed E-state index contributed by atoms with van der Waals surface area (Å²) in [7, 11) is 0. The van der Waals surface area contributed by atoms with E-state index in [0.29, 0.717) is 18.3 Å². The molecule has 232 valence electrons. The van der Waals surface area contributed by atoms with Crippen LogP contribution in [0.4, 0.5) is 0 Å². The van der Waals surface area contributed by atoms with E-state index in [4.69, 9.17) is 4.74 Å². The Labute approximate surface area is 258 Å². The predicted octanol–water partition coefficient (Wildman–Crippen LogP) is 8.83. The number of carbonyl (C=O) groups excluding carboxylic acids is 2. The summed E-state index contributed by atoms with van der Waals surface area (Å²) >= 11 is 3.49. The lowest BCUT2D eigenvalue weighted by Crippen LogP contribution is -2.66. The van der Waals surface area contributed by atoms with Crippen LogP contribution >= 0.6 is 15.9 Å². The molecule has 1 N–H and O–H groups in total. The molecule has 0 aromatic carbocycles. The Kier molecular flexibility index (Phi) is 8.31. The highest BCUT2D eigenvalue weighted by Crippen LogP contribution is 2.75. The van der Waals surface area contributed by atoms with Crippen molar-refractivity contribution >= 4 is 27.7 Å². The molecule has 4 fully saturated rings. The number of hydrogen-bond donors (Lipinski definition) is 1. The van der Waals surface area contributed by atoms with E-state index in [1.54, 1.807) is 0 Å². The first-order valence-corrected chi connectivity index (χ1v) is 17.9. The third-order valence-electron chi connectivity index (χ3n) is 14.3. The summed E-state index contributed by atoms with van der Waals surface area (Å²) in [6.45, 7) is 16.8. The number of carbonyl (C=O) groups is 2. The molecule has 4 saturated carbocycles. The normalized spacial score (nSPS) is 46.9. The number of rotatable bonds is 7. The molecule has 0 saturated heterocycles. The highest BCUT2D eigenvalue weighted by atomic mass is 79.9. The second kappa shape index (κ2) is 10.7. The second-order valence-electron chi connectivity index (χ2n) is 16.9. The molecule has 0 aromatic heterocycles. The van der Waals surface area contributed by atoms with Crippen molar-refractivity contribution in [3.63, 3.8) is 0 Å². The molecule has 0 spiro atoms. The topological polar surface area (TPSA) is 63.6 Å². The van der Waals surface area contributed by atoms with Crippen LogP contribution in [0.1, 0.15) is 132 Å². The number of unbranched alkanes of at least 4 members (excludes halogenated alkanes) is 3. The van der Waals surface area contributed by atoms with E-state index < -0.39 is 5.41 Å². The molecular weight excluding hydrogens is 576 g/mol. The van der Waals surface area contributed by atoms with Crippen LogP contribution in [0.5, 0.6) is 0 Å². The maximum absolute atomic E-state index is 14.5. The number of halogens is 1. The Bertz CT molecular complexity index is 1080. The summed E-state index contributed by atoms with van der Waals surface area (Å²) in [5.74, 6) is 0.865. The minimum atomic E-state index is -0.493. The molecule has 4 nitrogen and oxygen atoms in total.